The number of nitrogens with two attached hydrogens (primary N) is 1. The first-order chi connectivity index (χ1) is 6.95. The Labute approximate surface area is 90.1 Å². The zero-order valence-corrected chi connectivity index (χ0v) is 9.40. The van der Waals surface area contributed by atoms with Crippen molar-refractivity contribution in [1.29, 1.82) is 0 Å². The van der Waals surface area contributed by atoms with Crippen molar-refractivity contribution >= 4 is 5.82 Å². The van der Waals surface area contributed by atoms with E-state index in [1.165, 1.54) is 0 Å². The highest BCUT2D eigenvalue weighted by molar-refractivity contribution is 5.32. The molecule has 3 N–H and O–H groups in total. The number of ether oxygens (including phenoxy) is 1. The Morgan fingerprint density at radius 3 is 2.80 bits per heavy atom. The molecule has 1 aromatic heterocycles. The highest BCUT2D eigenvalue weighted by atomic mass is 16.5. The van der Waals surface area contributed by atoms with Crippen LogP contribution in [-0.2, 0) is 11.2 Å². The molecule has 0 aromatic carbocycles. The number of pyridine rings is 1. The third kappa shape index (κ3) is 3.18. The lowest BCUT2D eigenvalue weighted by Gasteiger charge is -2.29. The summed E-state index contributed by atoms with van der Waals surface area (Å²) in [6.45, 7) is 3.70. The Balaban J connectivity index is 2.70. The lowest BCUT2D eigenvalue weighted by Crippen LogP contribution is -2.39. The van der Waals surface area contributed by atoms with E-state index in [1.54, 1.807) is 19.4 Å². The number of hydrogen-bond acceptors (Lipinski definition) is 4. The van der Waals surface area contributed by atoms with Gasteiger partial charge in [0.05, 0.1) is 11.7 Å². The van der Waals surface area contributed by atoms with Crippen molar-refractivity contribution in [2.24, 2.45) is 0 Å². The van der Waals surface area contributed by atoms with E-state index in [4.69, 9.17) is 10.5 Å². The number of rotatable bonds is 4. The Hall–Kier alpha value is -1.13. The van der Waals surface area contributed by atoms with Gasteiger partial charge in [-0.25, -0.2) is 4.98 Å². The zero-order valence-electron chi connectivity index (χ0n) is 9.40. The van der Waals surface area contributed by atoms with Gasteiger partial charge in [0.1, 0.15) is 5.82 Å². The Kier molecular flexibility index (Phi) is 3.66. The van der Waals surface area contributed by atoms with E-state index in [0.717, 1.165) is 5.56 Å². The topological polar surface area (TPSA) is 68.4 Å². The summed E-state index contributed by atoms with van der Waals surface area (Å²) >= 11 is 0. The van der Waals surface area contributed by atoms with Crippen LogP contribution in [0.1, 0.15) is 19.4 Å². The normalized spacial score (nSPS) is 13.9. The monoisotopic (exact) mass is 210 g/mol. The molecular weight excluding hydrogens is 192 g/mol. The van der Waals surface area contributed by atoms with E-state index in [-0.39, 0.29) is 0 Å². The molecular formula is C11H18N2O2. The summed E-state index contributed by atoms with van der Waals surface area (Å²) in [5.74, 6) is 0.468. The van der Waals surface area contributed by atoms with Crippen LogP contribution in [0.2, 0.25) is 0 Å². The summed E-state index contributed by atoms with van der Waals surface area (Å²) in [6.07, 6.45) is 1.58. The molecule has 1 unspecified atom stereocenters. The van der Waals surface area contributed by atoms with Gasteiger partial charge in [0.15, 0.2) is 0 Å². The number of hydrogen-bond donors (Lipinski definition) is 2. The van der Waals surface area contributed by atoms with Gasteiger partial charge < -0.3 is 15.6 Å². The van der Waals surface area contributed by atoms with E-state index < -0.39 is 11.7 Å². The van der Waals surface area contributed by atoms with Crippen molar-refractivity contribution in [3.8, 4) is 0 Å². The Morgan fingerprint density at radius 2 is 2.27 bits per heavy atom. The van der Waals surface area contributed by atoms with E-state index in [0.29, 0.717) is 12.2 Å². The summed E-state index contributed by atoms with van der Waals surface area (Å²) in [7, 11) is 1.59. The summed E-state index contributed by atoms with van der Waals surface area (Å²) in [6, 6.07) is 3.60. The summed E-state index contributed by atoms with van der Waals surface area (Å²) in [5.41, 5.74) is 5.95. The smallest absolute Gasteiger partial charge is 0.123 e. The van der Waals surface area contributed by atoms with E-state index in [1.807, 2.05) is 19.9 Å². The quantitative estimate of drug-likeness (QED) is 0.777. The zero-order chi connectivity index (χ0) is 11.5. The molecule has 1 heterocycles. The minimum Gasteiger partial charge on any atom is -0.390 e. The second-order valence-electron chi connectivity index (χ2n) is 4.12. The first kappa shape index (κ1) is 11.9. The van der Waals surface area contributed by atoms with Crippen LogP contribution in [0, 0.1) is 0 Å². The van der Waals surface area contributed by atoms with Gasteiger partial charge >= 0.3 is 0 Å². The molecule has 0 radical (unpaired) electrons. The van der Waals surface area contributed by atoms with Crippen molar-refractivity contribution in [3.63, 3.8) is 0 Å². The lowest BCUT2D eigenvalue weighted by molar-refractivity contribution is -0.0764. The fraction of sp³-hybridized carbons (Fsp3) is 0.545. The lowest BCUT2D eigenvalue weighted by atomic mass is 9.95. The largest absolute Gasteiger partial charge is 0.390 e. The molecule has 0 fully saturated rings. The Morgan fingerprint density at radius 1 is 1.60 bits per heavy atom. The van der Waals surface area contributed by atoms with Gasteiger partial charge in [0.2, 0.25) is 0 Å². The average molecular weight is 210 g/mol. The number of nitrogen functional groups attached to an aromatic ring is 1. The molecule has 4 heteroatoms. The second kappa shape index (κ2) is 4.59. The van der Waals surface area contributed by atoms with E-state index in [9.17, 15) is 5.11 Å². The molecule has 0 aliphatic heterocycles. The number of nitrogens with zero attached hydrogens (tertiary/aromatic N) is 1. The van der Waals surface area contributed by atoms with Crippen LogP contribution in [0.5, 0.6) is 0 Å². The van der Waals surface area contributed by atoms with Crippen LogP contribution in [0.25, 0.3) is 0 Å². The SMILES string of the molecule is COC(C)(C)C(O)Cc1ccnc(N)c1. The van der Waals surface area contributed by atoms with Crippen LogP contribution in [0.3, 0.4) is 0 Å². The van der Waals surface area contributed by atoms with Crippen LogP contribution >= 0.6 is 0 Å². The number of aliphatic hydroxyl groups is 1. The van der Waals surface area contributed by atoms with Crippen LogP contribution < -0.4 is 5.73 Å². The van der Waals surface area contributed by atoms with Crippen molar-refractivity contribution in [3.05, 3.63) is 23.9 Å². The molecule has 0 aliphatic carbocycles. The molecule has 0 saturated carbocycles. The molecule has 0 bridgehead atoms. The minimum atomic E-state index is -0.565. The first-order valence-electron chi connectivity index (χ1n) is 4.89. The maximum absolute atomic E-state index is 9.94. The van der Waals surface area contributed by atoms with Gasteiger partial charge in [-0.3, -0.25) is 0 Å². The van der Waals surface area contributed by atoms with Gasteiger partial charge in [0.25, 0.3) is 0 Å². The fourth-order valence-electron chi connectivity index (χ4n) is 1.23. The molecule has 1 rings (SSSR count). The summed E-state index contributed by atoms with van der Waals surface area (Å²) in [5, 5.41) is 9.94. The Bertz CT molecular complexity index is 326. The molecule has 84 valence electrons. The number of aromatic nitrogens is 1. The van der Waals surface area contributed by atoms with Crippen LogP contribution in [0.4, 0.5) is 5.82 Å². The highest BCUT2D eigenvalue weighted by Gasteiger charge is 2.27. The van der Waals surface area contributed by atoms with Crippen molar-refractivity contribution in [2.45, 2.75) is 32.0 Å². The average Bonchev–Trinajstić information content (AvgIpc) is 2.17. The van der Waals surface area contributed by atoms with E-state index in [2.05, 4.69) is 4.98 Å². The third-order valence-electron chi connectivity index (χ3n) is 2.60. The van der Waals surface area contributed by atoms with Crippen molar-refractivity contribution < 1.29 is 9.84 Å². The van der Waals surface area contributed by atoms with Gasteiger partial charge in [-0.2, -0.15) is 0 Å². The molecule has 0 amide bonds. The standard InChI is InChI=1S/C11H18N2O2/c1-11(2,15-3)9(14)6-8-4-5-13-10(12)7-8/h4-5,7,9,14H,6H2,1-3H3,(H2,12,13). The summed E-state index contributed by atoms with van der Waals surface area (Å²) in [4.78, 5) is 3.89. The highest BCUT2D eigenvalue weighted by Crippen LogP contribution is 2.18. The maximum Gasteiger partial charge on any atom is 0.123 e. The molecule has 4 nitrogen and oxygen atoms in total. The number of anilines is 1. The summed E-state index contributed by atoms with van der Waals surface area (Å²) < 4.78 is 5.21. The van der Waals surface area contributed by atoms with Crippen molar-refractivity contribution in [2.75, 3.05) is 12.8 Å². The molecule has 1 aromatic rings. The van der Waals surface area contributed by atoms with E-state index >= 15 is 0 Å². The second-order valence-corrected chi connectivity index (χ2v) is 4.12. The van der Waals surface area contributed by atoms with Crippen molar-refractivity contribution in [1.82, 2.24) is 4.98 Å². The fourth-order valence-corrected chi connectivity index (χ4v) is 1.23. The number of aliphatic hydroxyl groups excluding tert-OH is 1. The molecule has 15 heavy (non-hydrogen) atoms. The van der Waals surface area contributed by atoms with Gasteiger partial charge in [-0.1, -0.05) is 0 Å². The first-order valence-corrected chi connectivity index (χ1v) is 4.89. The molecule has 0 aliphatic rings. The van der Waals surface area contributed by atoms with Crippen LogP contribution in [0.15, 0.2) is 18.3 Å². The van der Waals surface area contributed by atoms with Gasteiger partial charge in [-0.15, -0.1) is 0 Å². The minimum absolute atomic E-state index is 0.468. The number of methoxy groups -OCH3 is 1. The maximum atomic E-state index is 9.94. The van der Waals surface area contributed by atoms with Gasteiger partial charge in [0, 0.05) is 19.7 Å². The molecule has 0 saturated heterocycles. The molecule has 0 spiro atoms. The molecule has 1 atom stereocenters. The third-order valence-corrected chi connectivity index (χ3v) is 2.60. The van der Waals surface area contributed by atoms with Gasteiger partial charge in [-0.05, 0) is 31.5 Å². The predicted molar refractivity (Wildman–Crippen MR) is 59.4 cm³/mol. The van der Waals surface area contributed by atoms with Crippen LogP contribution in [-0.4, -0.2) is 28.9 Å². The predicted octanol–water partition coefficient (Wildman–Crippen LogP) is 0.992.